The number of amides is 1. The number of nitrogens with zero attached hydrogens (tertiary/aromatic N) is 2. The zero-order chi connectivity index (χ0) is 21.1. The first-order chi connectivity index (χ1) is 14.6. The van der Waals surface area contributed by atoms with Gasteiger partial charge < -0.3 is 10.2 Å². The first kappa shape index (κ1) is 20.2. The van der Waals surface area contributed by atoms with Crippen LogP contribution >= 0.6 is 0 Å². The topological polar surface area (TPSA) is 73.0 Å². The molecule has 1 aromatic carbocycles. The molecule has 0 aliphatic carbocycles. The number of benzene rings is 1. The summed E-state index contributed by atoms with van der Waals surface area (Å²) in [4.78, 5) is 19.9. The van der Waals surface area contributed by atoms with Crippen LogP contribution in [0.15, 0.2) is 59.3 Å². The third kappa shape index (κ3) is 3.98. The van der Waals surface area contributed by atoms with Gasteiger partial charge in [-0.25, -0.2) is 9.29 Å². The molecule has 0 radical (unpaired) electrons. The van der Waals surface area contributed by atoms with Crippen molar-refractivity contribution in [3.05, 3.63) is 65.4 Å². The van der Waals surface area contributed by atoms with Crippen molar-refractivity contribution in [3.8, 4) is 0 Å². The van der Waals surface area contributed by atoms with Gasteiger partial charge in [0.25, 0.3) is 5.91 Å². The molecule has 1 fully saturated rings. The molecule has 3 heterocycles. The smallest absolute Gasteiger partial charge is 0.253 e. The van der Waals surface area contributed by atoms with E-state index in [0.29, 0.717) is 34.1 Å². The Balaban J connectivity index is 1.60. The second kappa shape index (κ2) is 8.75. The van der Waals surface area contributed by atoms with Crippen LogP contribution in [0.3, 0.4) is 0 Å². The van der Waals surface area contributed by atoms with Crippen LogP contribution in [-0.4, -0.2) is 42.0 Å². The molecule has 0 spiro atoms. The first-order valence-electron chi connectivity index (χ1n) is 10.6. The van der Waals surface area contributed by atoms with E-state index in [1.54, 1.807) is 18.3 Å². The van der Waals surface area contributed by atoms with Crippen LogP contribution < -0.4 is 10.2 Å². The van der Waals surface area contributed by atoms with Gasteiger partial charge in [-0.2, -0.15) is 4.99 Å². The monoisotopic (exact) mass is 408 g/mol. The summed E-state index contributed by atoms with van der Waals surface area (Å²) in [6, 6.07) is 5.43. The molecule has 0 aromatic heterocycles. The van der Waals surface area contributed by atoms with Gasteiger partial charge in [0, 0.05) is 42.5 Å². The number of hydrogen-bond donors (Lipinski definition) is 3. The fraction of sp³-hybridized carbons (Fsp3) is 0.348. The van der Waals surface area contributed by atoms with Gasteiger partial charge in [-0.05, 0) is 44.0 Å². The van der Waals surface area contributed by atoms with E-state index in [1.165, 1.54) is 25.1 Å². The highest BCUT2D eigenvalue weighted by Crippen LogP contribution is 2.23. The highest BCUT2D eigenvalue weighted by Gasteiger charge is 2.32. The van der Waals surface area contributed by atoms with Crippen LogP contribution in [0.5, 0.6) is 0 Å². The fourth-order valence-electron chi connectivity index (χ4n) is 4.07. The Bertz CT molecular complexity index is 983. The van der Waals surface area contributed by atoms with Gasteiger partial charge in [0.2, 0.25) is 5.84 Å². The minimum absolute atomic E-state index is 0.0385. The normalized spacial score (nSPS) is 20.7. The quantitative estimate of drug-likeness (QED) is 0.656. The van der Waals surface area contributed by atoms with Crippen molar-refractivity contribution < 1.29 is 14.1 Å². The maximum absolute atomic E-state index is 13.8. The summed E-state index contributed by atoms with van der Waals surface area (Å²) in [6.07, 6.45) is 10.4. The number of aliphatic imine (C=N–C) groups is 1. The Hall–Kier alpha value is -3.06. The van der Waals surface area contributed by atoms with E-state index < -0.39 is 0 Å². The SMILES string of the molecule is CCNc1cc(C(=O)N2CCCCCC2)ccc1C(=N)C1=CN=C2C=CC(F)=C[NH+]12. The molecule has 6 nitrogen and oxygen atoms in total. The molecule has 1 saturated heterocycles. The molecule has 30 heavy (non-hydrogen) atoms. The van der Waals surface area contributed by atoms with Crippen molar-refractivity contribution in [1.82, 2.24) is 4.90 Å². The number of anilines is 1. The molecule has 0 saturated carbocycles. The lowest BCUT2D eigenvalue weighted by Gasteiger charge is -2.22. The first-order valence-corrected chi connectivity index (χ1v) is 10.6. The van der Waals surface area contributed by atoms with Crippen molar-refractivity contribution in [2.45, 2.75) is 32.6 Å². The van der Waals surface area contributed by atoms with Crippen LogP contribution in [-0.2, 0) is 0 Å². The van der Waals surface area contributed by atoms with Gasteiger partial charge >= 0.3 is 0 Å². The minimum atomic E-state index is -0.352. The highest BCUT2D eigenvalue weighted by atomic mass is 19.1. The molecule has 1 atom stereocenters. The number of carbonyl (C=O) groups excluding carboxylic acids is 1. The third-order valence-corrected chi connectivity index (χ3v) is 5.65. The molecule has 156 valence electrons. The number of rotatable bonds is 5. The number of nitrogens with one attached hydrogen (secondary N) is 3. The number of halogens is 1. The highest BCUT2D eigenvalue weighted by molar-refractivity contribution is 6.14. The summed E-state index contributed by atoms with van der Waals surface area (Å²) < 4.78 is 13.8. The van der Waals surface area contributed by atoms with Crippen LogP contribution in [0.4, 0.5) is 10.1 Å². The van der Waals surface area contributed by atoms with Gasteiger partial charge in [0.15, 0.2) is 11.5 Å². The van der Waals surface area contributed by atoms with Crippen molar-refractivity contribution in [3.63, 3.8) is 0 Å². The van der Waals surface area contributed by atoms with Crippen LogP contribution in [0.2, 0.25) is 0 Å². The van der Waals surface area contributed by atoms with Crippen molar-refractivity contribution in [2.24, 2.45) is 4.99 Å². The van der Waals surface area contributed by atoms with Crippen molar-refractivity contribution >= 4 is 23.1 Å². The number of fused-ring (bicyclic) bond motifs is 1. The Kier molecular flexibility index (Phi) is 5.90. The molecule has 7 heteroatoms. The van der Waals surface area contributed by atoms with E-state index in [9.17, 15) is 9.18 Å². The average molecular weight is 409 g/mol. The maximum atomic E-state index is 13.8. The molecule has 1 amide bonds. The molecule has 3 aliphatic rings. The zero-order valence-electron chi connectivity index (χ0n) is 17.2. The Morgan fingerprint density at radius 1 is 1.23 bits per heavy atom. The van der Waals surface area contributed by atoms with Crippen molar-refractivity contribution in [1.29, 1.82) is 5.41 Å². The molecular formula is C23H27FN5O+. The standard InChI is InChI=1S/C23H26FN5O/c1-2-26-19-13-16(23(30)28-11-5-3-4-6-12-28)7-9-18(19)22(25)20-14-27-21-10-8-17(24)15-29(20)21/h7-10,13-15,25-26H,2-6,11-12H2,1H3/p+1. The second-order valence-corrected chi connectivity index (χ2v) is 7.71. The number of amidine groups is 1. The largest absolute Gasteiger partial charge is 0.385 e. The lowest BCUT2D eigenvalue weighted by atomic mass is 10.0. The summed E-state index contributed by atoms with van der Waals surface area (Å²) in [7, 11) is 0. The predicted molar refractivity (Wildman–Crippen MR) is 117 cm³/mol. The maximum Gasteiger partial charge on any atom is 0.253 e. The van der Waals surface area contributed by atoms with Crippen LogP contribution in [0.25, 0.3) is 0 Å². The van der Waals surface area contributed by atoms with Gasteiger partial charge in [0.05, 0.1) is 6.20 Å². The second-order valence-electron chi connectivity index (χ2n) is 7.71. The van der Waals surface area contributed by atoms with E-state index in [4.69, 9.17) is 5.41 Å². The Morgan fingerprint density at radius 3 is 2.73 bits per heavy atom. The summed E-state index contributed by atoms with van der Waals surface area (Å²) in [6.45, 7) is 4.23. The average Bonchev–Trinajstić information content (AvgIpc) is 2.97. The van der Waals surface area contributed by atoms with Gasteiger partial charge in [0.1, 0.15) is 11.9 Å². The van der Waals surface area contributed by atoms with Crippen LogP contribution in [0.1, 0.15) is 48.5 Å². The Morgan fingerprint density at radius 2 is 2.00 bits per heavy atom. The minimum Gasteiger partial charge on any atom is -0.385 e. The number of allylic oxidation sites excluding steroid dienone is 3. The lowest BCUT2D eigenvalue weighted by Crippen LogP contribution is -3.08. The van der Waals surface area contributed by atoms with Gasteiger partial charge in [-0.1, -0.05) is 12.8 Å². The van der Waals surface area contributed by atoms with Crippen LogP contribution in [0, 0.1) is 5.41 Å². The molecular weight excluding hydrogens is 381 g/mol. The number of likely N-dealkylation sites (tertiary alicyclic amines) is 1. The Labute approximate surface area is 176 Å². The molecule has 0 bridgehead atoms. The molecule has 1 unspecified atom stereocenters. The van der Waals surface area contributed by atoms with E-state index in [2.05, 4.69) is 10.3 Å². The number of carbonyl (C=O) groups is 1. The molecule has 3 N–H and O–H groups in total. The van der Waals surface area contributed by atoms with Crippen molar-refractivity contribution in [2.75, 3.05) is 25.0 Å². The zero-order valence-corrected chi connectivity index (χ0v) is 17.2. The summed E-state index contributed by atoms with van der Waals surface area (Å²) >= 11 is 0. The number of quaternary nitrogens is 1. The fourth-order valence-corrected chi connectivity index (χ4v) is 4.07. The lowest BCUT2D eigenvalue weighted by molar-refractivity contribution is -0.690. The predicted octanol–water partition coefficient (Wildman–Crippen LogP) is 3.02. The van der Waals surface area contributed by atoms with E-state index >= 15 is 0 Å². The summed E-state index contributed by atoms with van der Waals surface area (Å²) in [5.74, 6) is 0.348. The molecule has 3 aliphatic heterocycles. The molecule has 1 aromatic rings. The van der Waals surface area contributed by atoms with E-state index in [1.807, 2.05) is 24.0 Å². The van der Waals surface area contributed by atoms with E-state index in [-0.39, 0.29) is 17.4 Å². The molecule has 4 rings (SSSR count). The number of hydrogen-bond acceptors (Lipinski definition) is 4. The third-order valence-electron chi connectivity index (χ3n) is 5.65. The summed E-state index contributed by atoms with van der Waals surface area (Å²) in [5.41, 5.74) is 2.86. The van der Waals surface area contributed by atoms with E-state index in [0.717, 1.165) is 31.6 Å². The van der Waals surface area contributed by atoms with Gasteiger partial charge in [-0.3, -0.25) is 10.2 Å². The summed E-state index contributed by atoms with van der Waals surface area (Å²) in [5, 5.41) is 12.0. The van der Waals surface area contributed by atoms with Gasteiger partial charge in [-0.15, -0.1) is 0 Å².